The molecule has 2 aliphatic carbocycles. The molecule has 42 heavy (non-hydrogen) atoms. The first-order valence-electron chi connectivity index (χ1n) is 14.3. The van der Waals surface area contributed by atoms with E-state index in [0.717, 1.165) is 17.6 Å². The van der Waals surface area contributed by atoms with Gasteiger partial charge in [-0.05, 0) is 50.4 Å². The van der Waals surface area contributed by atoms with Crippen LogP contribution >= 0.6 is 0 Å². The number of hydrogen-bond donors (Lipinski definition) is 4. The van der Waals surface area contributed by atoms with Crippen molar-refractivity contribution in [1.82, 2.24) is 19.8 Å². The molecule has 2 amide bonds. The third-order valence-electron chi connectivity index (χ3n) is 9.29. The Morgan fingerprint density at radius 3 is 2.43 bits per heavy atom. The number of likely N-dealkylation sites (N-methyl/N-ethyl adjacent to an activating group) is 1. The van der Waals surface area contributed by atoms with E-state index in [0.29, 0.717) is 38.8 Å². The predicted molar refractivity (Wildman–Crippen MR) is 156 cm³/mol. The van der Waals surface area contributed by atoms with Gasteiger partial charge in [0.2, 0.25) is 21.8 Å². The fourth-order valence-corrected chi connectivity index (χ4v) is 9.54. The minimum atomic E-state index is -4.21. The lowest BCUT2D eigenvalue weighted by Crippen LogP contribution is -2.60. The van der Waals surface area contributed by atoms with Crippen LogP contribution in [-0.4, -0.2) is 113 Å². The lowest BCUT2D eigenvalue weighted by Gasteiger charge is -2.41. The van der Waals surface area contributed by atoms with Gasteiger partial charge >= 0.3 is 0 Å². The van der Waals surface area contributed by atoms with Crippen molar-refractivity contribution >= 4 is 43.4 Å². The van der Waals surface area contributed by atoms with Crippen molar-refractivity contribution in [3.63, 3.8) is 0 Å². The van der Waals surface area contributed by atoms with E-state index in [4.69, 9.17) is 15.9 Å². The summed E-state index contributed by atoms with van der Waals surface area (Å²) in [7, 11) is -6.42. The summed E-state index contributed by atoms with van der Waals surface area (Å²) in [6, 6.07) is -1.95. The van der Waals surface area contributed by atoms with E-state index in [9.17, 15) is 31.2 Å². The Balaban J connectivity index is 1.72. The number of sulfone groups is 1. The minimum Gasteiger partial charge on any atom is -0.370 e. The molecular formula is C26H46N6O8S2. The number of nitrogens with two attached hydrogens (primary N) is 1. The largest absolute Gasteiger partial charge is 0.370 e. The Morgan fingerprint density at radius 1 is 1.24 bits per heavy atom. The number of amides is 2. The van der Waals surface area contributed by atoms with Gasteiger partial charge in [0.1, 0.15) is 21.7 Å². The molecular weight excluding hydrogens is 588 g/mol. The zero-order chi connectivity index (χ0) is 31.7. The van der Waals surface area contributed by atoms with E-state index in [1.54, 1.807) is 11.8 Å². The number of sulfonamides is 1. The van der Waals surface area contributed by atoms with E-state index < -0.39 is 78.9 Å². The number of carbonyl (C=O) groups is 3. The third-order valence-corrected chi connectivity index (χ3v) is 11.8. The summed E-state index contributed by atoms with van der Waals surface area (Å²) < 4.78 is 58.8. The minimum absolute atomic E-state index is 0.0986. The first kappa shape index (κ1) is 34.2. The average molecular weight is 635 g/mol. The summed E-state index contributed by atoms with van der Waals surface area (Å²) in [5.74, 6) is -2.43. The van der Waals surface area contributed by atoms with Gasteiger partial charge in [0.05, 0.1) is 24.1 Å². The number of ether oxygens (including phenoxy) is 1. The van der Waals surface area contributed by atoms with Gasteiger partial charge in [-0.15, -0.1) is 0 Å². The van der Waals surface area contributed by atoms with Crippen molar-refractivity contribution in [2.24, 2.45) is 22.5 Å². The van der Waals surface area contributed by atoms with E-state index >= 15 is 0 Å². The quantitative estimate of drug-likeness (QED) is 0.149. The normalized spacial score (nSPS) is 28.0. The van der Waals surface area contributed by atoms with Gasteiger partial charge in [-0.25, -0.2) is 21.6 Å². The summed E-state index contributed by atoms with van der Waals surface area (Å²) in [6.07, 6.45) is 2.73. The van der Waals surface area contributed by atoms with Crippen molar-refractivity contribution in [2.75, 3.05) is 44.5 Å². The van der Waals surface area contributed by atoms with Crippen LogP contribution in [0.3, 0.4) is 0 Å². The average Bonchev–Trinajstić information content (AvgIpc) is 3.20. The van der Waals surface area contributed by atoms with Crippen LogP contribution in [0.15, 0.2) is 0 Å². The van der Waals surface area contributed by atoms with Crippen LogP contribution in [0.2, 0.25) is 0 Å². The number of hydrogen-bond acceptors (Lipinski definition) is 9. The summed E-state index contributed by atoms with van der Waals surface area (Å²) in [5, 5.41) is 10.6. The SMILES string of the molecule is CCOC1C(NC(=O)CN(C)C(=O)C(CCS(C)(=O)=O)NS(=O)(=O)CC23CCC(CC2=O)C3(C)C)CCCN1C(=N)N. The molecule has 3 rings (SSSR count). The molecule has 2 saturated carbocycles. The van der Waals surface area contributed by atoms with Crippen LogP contribution < -0.4 is 15.8 Å². The van der Waals surface area contributed by atoms with E-state index in [2.05, 4.69) is 10.0 Å². The Hall–Kier alpha value is -2.30. The van der Waals surface area contributed by atoms with Crippen LogP contribution in [0.1, 0.15) is 59.3 Å². The fraction of sp³-hybridized carbons (Fsp3) is 0.846. The predicted octanol–water partition coefficient (Wildman–Crippen LogP) is -0.600. The monoisotopic (exact) mass is 634 g/mol. The van der Waals surface area contributed by atoms with E-state index in [-0.39, 0.29) is 24.1 Å². The molecule has 0 aromatic heterocycles. The topological polar surface area (TPSA) is 209 Å². The second-order valence-corrected chi connectivity index (χ2v) is 16.5. The maximum atomic E-state index is 13.4. The summed E-state index contributed by atoms with van der Waals surface area (Å²) in [6.45, 7) is 5.99. The molecule has 14 nitrogen and oxygen atoms in total. The number of rotatable bonds is 13. The lowest BCUT2D eigenvalue weighted by molar-refractivity contribution is -0.137. The first-order chi connectivity index (χ1) is 19.3. The van der Waals surface area contributed by atoms with Crippen LogP contribution in [-0.2, 0) is 39.0 Å². The molecule has 240 valence electrons. The molecule has 1 aliphatic heterocycles. The number of guanidine groups is 1. The third kappa shape index (κ3) is 7.42. The van der Waals surface area contributed by atoms with Gasteiger partial charge in [-0.2, -0.15) is 0 Å². The molecule has 0 spiro atoms. The molecule has 0 radical (unpaired) electrons. The molecule has 0 aromatic carbocycles. The number of carbonyl (C=O) groups excluding carboxylic acids is 3. The molecule has 5 N–H and O–H groups in total. The Bertz CT molecular complexity index is 1290. The highest BCUT2D eigenvalue weighted by atomic mass is 32.2. The Kier molecular flexibility index (Phi) is 10.4. The number of nitrogens with zero attached hydrogens (tertiary/aromatic N) is 2. The van der Waals surface area contributed by atoms with Gasteiger partial charge < -0.3 is 25.6 Å². The fourth-order valence-electron chi connectivity index (χ4n) is 6.81. The summed E-state index contributed by atoms with van der Waals surface area (Å²) in [5.41, 5.74) is 4.10. The van der Waals surface area contributed by atoms with Crippen LogP contribution in [0.5, 0.6) is 0 Å². The molecule has 1 saturated heterocycles. The van der Waals surface area contributed by atoms with Crippen molar-refractivity contribution in [1.29, 1.82) is 5.41 Å². The van der Waals surface area contributed by atoms with E-state index in [1.807, 2.05) is 13.8 Å². The standard InChI is InChI=1S/C26H46N6O8S2/c1-6-40-23-19(8-7-12-32(23)24(27)28)29-21(34)15-31(4)22(35)18(10-13-41(5,36)37)30-42(38,39)16-26-11-9-17(14-20(26)33)25(26,2)3/h17-19,23,30H,6-16H2,1-5H3,(H3,27,28)(H,29,34). The molecule has 3 fully saturated rings. The highest BCUT2D eigenvalue weighted by Crippen LogP contribution is 2.64. The number of Topliss-reactive ketones (excluding diaryl/α,β-unsaturated/α-hetero) is 1. The highest BCUT2D eigenvalue weighted by Gasteiger charge is 2.65. The van der Waals surface area contributed by atoms with Gasteiger partial charge in [-0.3, -0.25) is 19.8 Å². The van der Waals surface area contributed by atoms with Gasteiger partial charge in [0.15, 0.2) is 12.2 Å². The molecule has 3 aliphatic rings. The number of nitrogens with one attached hydrogen (secondary N) is 3. The van der Waals surface area contributed by atoms with Gasteiger partial charge in [0.25, 0.3) is 0 Å². The number of likely N-dealkylation sites (tertiary alicyclic amines) is 1. The number of fused-ring (bicyclic) bond motifs is 2. The smallest absolute Gasteiger partial charge is 0.240 e. The molecule has 5 unspecified atom stereocenters. The molecule has 0 aromatic rings. The van der Waals surface area contributed by atoms with Crippen molar-refractivity contribution < 1.29 is 36.0 Å². The van der Waals surface area contributed by atoms with Gasteiger partial charge in [-0.1, -0.05) is 13.8 Å². The highest BCUT2D eigenvalue weighted by molar-refractivity contribution is 7.90. The van der Waals surface area contributed by atoms with E-state index in [1.165, 1.54) is 7.05 Å². The van der Waals surface area contributed by atoms with Crippen LogP contribution in [0, 0.1) is 22.2 Å². The van der Waals surface area contributed by atoms with Crippen molar-refractivity contribution in [3.05, 3.63) is 0 Å². The molecule has 1 heterocycles. The zero-order valence-corrected chi connectivity index (χ0v) is 26.8. The van der Waals surface area contributed by atoms with Crippen LogP contribution in [0.4, 0.5) is 0 Å². The number of ketones is 1. The summed E-state index contributed by atoms with van der Waals surface area (Å²) >= 11 is 0. The molecule has 5 atom stereocenters. The maximum Gasteiger partial charge on any atom is 0.240 e. The van der Waals surface area contributed by atoms with Crippen LogP contribution in [0.25, 0.3) is 0 Å². The van der Waals surface area contributed by atoms with Gasteiger partial charge in [0, 0.05) is 38.3 Å². The molecule has 16 heteroatoms. The lowest BCUT2D eigenvalue weighted by atomic mass is 9.70. The number of piperidine rings is 1. The Morgan fingerprint density at radius 2 is 1.90 bits per heavy atom. The second-order valence-electron chi connectivity index (χ2n) is 12.4. The Labute approximate surface area is 248 Å². The molecule has 2 bridgehead atoms. The van der Waals surface area contributed by atoms with Crippen molar-refractivity contribution in [3.8, 4) is 0 Å². The zero-order valence-electron chi connectivity index (χ0n) is 25.1. The first-order valence-corrected chi connectivity index (χ1v) is 18.0. The second kappa shape index (κ2) is 12.7. The summed E-state index contributed by atoms with van der Waals surface area (Å²) in [4.78, 5) is 41.9. The maximum absolute atomic E-state index is 13.4. The van der Waals surface area contributed by atoms with Crippen molar-refractivity contribution in [2.45, 2.75) is 77.6 Å².